The van der Waals surface area contributed by atoms with Crippen LogP contribution < -0.4 is 4.74 Å². The van der Waals surface area contributed by atoms with E-state index in [4.69, 9.17) is 0 Å². The molecule has 0 spiro atoms. The van der Waals surface area contributed by atoms with E-state index in [1.807, 2.05) is 0 Å². The highest BCUT2D eigenvalue weighted by Crippen LogP contribution is 2.34. The van der Waals surface area contributed by atoms with Gasteiger partial charge < -0.3 is 9.84 Å². The van der Waals surface area contributed by atoms with E-state index in [1.54, 1.807) is 4.90 Å². The molecule has 1 aliphatic heterocycles. The van der Waals surface area contributed by atoms with Crippen LogP contribution in [0.15, 0.2) is 24.3 Å². The van der Waals surface area contributed by atoms with Gasteiger partial charge in [0.15, 0.2) is 0 Å². The van der Waals surface area contributed by atoms with Gasteiger partial charge in [-0.3, -0.25) is 9.69 Å². The Labute approximate surface area is 120 Å². The fourth-order valence-corrected chi connectivity index (χ4v) is 2.59. The molecule has 1 unspecified atom stereocenters. The van der Waals surface area contributed by atoms with Crippen molar-refractivity contribution >= 4 is 5.97 Å². The lowest BCUT2D eigenvalue weighted by molar-refractivity contribution is -0.275. The Morgan fingerprint density at radius 2 is 1.81 bits per heavy atom. The van der Waals surface area contributed by atoms with Crippen molar-refractivity contribution in [3.8, 4) is 5.75 Å². The van der Waals surface area contributed by atoms with Gasteiger partial charge in [-0.15, -0.1) is 13.2 Å². The molecule has 1 N–H and O–H groups in total. The molecule has 7 heteroatoms. The highest BCUT2D eigenvalue weighted by Gasteiger charge is 2.36. The summed E-state index contributed by atoms with van der Waals surface area (Å²) >= 11 is 0. The molecule has 0 aromatic heterocycles. The smallest absolute Gasteiger partial charge is 0.480 e. The molecule has 0 saturated carbocycles. The van der Waals surface area contributed by atoms with Crippen LogP contribution in [0.2, 0.25) is 0 Å². The summed E-state index contributed by atoms with van der Waals surface area (Å²) < 4.78 is 41.3. The van der Waals surface area contributed by atoms with Gasteiger partial charge in [0.2, 0.25) is 0 Å². The first kappa shape index (κ1) is 15.6. The molecule has 0 radical (unpaired) electrons. The fraction of sp³-hybridized carbons (Fsp3) is 0.500. The Hall–Kier alpha value is -1.76. The van der Waals surface area contributed by atoms with Crippen molar-refractivity contribution in [3.05, 3.63) is 29.8 Å². The summed E-state index contributed by atoms with van der Waals surface area (Å²) in [6.45, 7) is 1.11. The van der Waals surface area contributed by atoms with Crippen LogP contribution in [0.5, 0.6) is 5.75 Å². The van der Waals surface area contributed by atoms with E-state index in [1.165, 1.54) is 18.2 Å². The number of nitrogens with zero attached hydrogens (tertiary/aromatic N) is 1. The predicted octanol–water partition coefficient (Wildman–Crippen LogP) is 3.20. The number of carboxylic acids is 1. The molecule has 1 saturated heterocycles. The molecular weight excluding hydrogens is 287 g/mol. The minimum absolute atomic E-state index is 0.0317. The second-order valence-electron chi connectivity index (χ2n) is 4.92. The molecular formula is C14H16F3NO3. The molecule has 0 amide bonds. The third kappa shape index (κ3) is 4.10. The average Bonchev–Trinajstić information content (AvgIpc) is 2.40. The largest absolute Gasteiger partial charge is 0.573 e. The van der Waals surface area contributed by atoms with Crippen LogP contribution in [0.4, 0.5) is 13.2 Å². The molecule has 4 nitrogen and oxygen atoms in total. The third-order valence-electron chi connectivity index (χ3n) is 3.43. The SMILES string of the molecule is O=C(O)C(c1ccccc1OC(F)(F)F)N1CCCCC1. The van der Waals surface area contributed by atoms with E-state index < -0.39 is 24.1 Å². The van der Waals surface area contributed by atoms with Gasteiger partial charge in [0.05, 0.1) is 0 Å². The predicted molar refractivity (Wildman–Crippen MR) is 68.9 cm³/mol. The van der Waals surface area contributed by atoms with Crippen LogP contribution in [-0.2, 0) is 4.79 Å². The van der Waals surface area contributed by atoms with E-state index in [0.717, 1.165) is 25.3 Å². The Balaban J connectivity index is 2.33. The number of carbonyl (C=O) groups is 1. The Morgan fingerprint density at radius 3 is 2.38 bits per heavy atom. The van der Waals surface area contributed by atoms with E-state index in [2.05, 4.69) is 4.74 Å². The van der Waals surface area contributed by atoms with Gasteiger partial charge in [-0.05, 0) is 32.0 Å². The number of likely N-dealkylation sites (tertiary alicyclic amines) is 1. The van der Waals surface area contributed by atoms with E-state index in [9.17, 15) is 23.1 Å². The summed E-state index contributed by atoms with van der Waals surface area (Å²) in [4.78, 5) is 13.2. The number of halogens is 3. The fourth-order valence-electron chi connectivity index (χ4n) is 2.59. The zero-order valence-electron chi connectivity index (χ0n) is 11.3. The number of benzene rings is 1. The number of ether oxygens (including phenoxy) is 1. The standard InChI is InChI=1S/C14H16F3NO3/c15-14(16,17)21-11-7-3-2-6-10(11)12(13(19)20)18-8-4-1-5-9-18/h2-3,6-7,12H,1,4-5,8-9H2,(H,19,20). The van der Waals surface area contributed by atoms with Gasteiger partial charge >= 0.3 is 12.3 Å². The Morgan fingerprint density at radius 1 is 1.19 bits per heavy atom. The van der Waals surface area contributed by atoms with Crippen LogP contribution in [0.3, 0.4) is 0 Å². The van der Waals surface area contributed by atoms with E-state index >= 15 is 0 Å². The normalized spacial score (nSPS) is 18.2. The van der Waals surface area contributed by atoms with Gasteiger partial charge in [0.1, 0.15) is 11.8 Å². The van der Waals surface area contributed by atoms with Gasteiger partial charge in [-0.1, -0.05) is 24.6 Å². The van der Waals surface area contributed by atoms with Crippen LogP contribution in [0, 0.1) is 0 Å². The van der Waals surface area contributed by atoms with Crippen LogP contribution in [0.25, 0.3) is 0 Å². The first-order valence-corrected chi connectivity index (χ1v) is 6.70. The zero-order valence-corrected chi connectivity index (χ0v) is 11.3. The second kappa shape index (κ2) is 6.34. The monoisotopic (exact) mass is 303 g/mol. The van der Waals surface area contributed by atoms with Crippen molar-refractivity contribution in [2.45, 2.75) is 31.7 Å². The number of rotatable bonds is 4. The molecule has 2 rings (SSSR count). The summed E-state index contributed by atoms with van der Waals surface area (Å²) in [6, 6.07) is 4.29. The molecule has 1 heterocycles. The van der Waals surface area contributed by atoms with Crippen molar-refractivity contribution in [1.82, 2.24) is 4.90 Å². The van der Waals surface area contributed by atoms with Crippen LogP contribution in [0.1, 0.15) is 30.9 Å². The lowest BCUT2D eigenvalue weighted by atomic mass is 10.0. The summed E-state index contributed by atoms with van der Waals surface area (Å²) in [5.41, 5.74) is 0.0317. The topological polar surface area (TPSA) is 49.8 Å². The Bertz CT molecular complexity index is 498. The molecule has 0 bridgehead atoms. The van der Waals surface area contributed by atoms with Crippen molar-refractivity contribution in [2.24, 2.45) is 0 Å². The first-order valence-electron chi connectivity index (χ1n) is 6.70. The minimum Gasteiger partial charge on any atom is -0.480 e. The molecule has 21 heavy (non-hydrogen) atoms. The minimum atomic E-state index is -4.85. The average molecular weight is 303 g/mol. The molecule has 1 aromatic rings. The zero-order chi connectivity index (χ0) is 15.5. The number of alkyl halides is 3. The summed E-state index contributed by atoms with van der Waals surface area (Å²) in [5.74, 6) is -1.63. The Kier molecular flexibility index (Phi) is 4.72. The maximum atomic E-state index is 12.4. The van der Waals surface area contributed by atoms with Crippen molar-refractivity contribution in [1.29, 1.82) is 0 Å². The molecule has 116 valence electrons. The first-order chi connectivity index (χ1) is 9.88. The molecule has 1 aromatic carbocycles. The number of hydrogen-bond acceptors (Lipinski definition) is 3. The molecule has 1 fully saturated rings. The van der Waals surface area contributed by atoms with Crippen LogP contribution in [-0.4, -0.2) is 35.4 Å². The number of piperidine rings is 1. The van der Waals surface area contributed by atoms with E-state index in [-0.39, 0.29) is 5.56 Å². The van der Waals surface area contributed by atoms with Crippen molar-refractivity contribution in [3.63, 3.8) is 0 Å². The molecule has 1 atom stereocenters. The second-order valence-corrected chi connectivity index (χ2v) is 4.92. The maximum Gasteiger partial charge on any atom is 0.573 e. The lowest BCUT2D eigenvalue weighted by Gasteiger charge is -2.32. The number of aliphatic carboxylic acids is 1. The quantitative estimate of drug-likeness (QED) is 0.928. The highest BCUT2D eigenvalue weighted by atomic mass is 19.4. The third-order valence-corrected chi connectivity index (χ3v) is 3.43. The number of para-hydroxylation sites is 1. The highest BCUT2D eigenvalue weighted by molar-refractivity contribution is 5.76. The van der Waals surface area contributed by atoms with Crippen molar-refractivity contribution in [2.75, 3.05) is 13.1 Å². The maximum absolute atomic E-state index is 12.4. The van der Waals surface area contributed by atoms with E-state index in [0.29, 0.717) is 13.1 Å². The van der Waals surface area contributed by atoms with Crippen LogP contribution >= 0.6 is 0 Å². The van der Waals surface area contributed by atoms with Crippen molar-refractivity contribution < 1.29 is 27.8 Å². The summed E-state index contributed by atoms with van der Waals surface area (Å²) in [5, 5.41) is 9.42. The number of hydrogen-bond donors (Lipinski definition) is 1. The van der Waals surface area contributed by atoms with Gasteiger partial charge in [-0.25, -0.2) is 0 Å². The molecule has 1 aliphatic rings. The van der Waals surface area contributed by atoms with Gasteiger partial charge in [0.25, 0.3) is 0 Å². The summed E-state index contributed by atoms with van der Waals surface area (Å²) in [6.07, 6.45) is -2.16. The van der Waals surface area contributed by atoms with Gasteiger partial charge in [-0.2, -0.15) is 0 Å². The molecule has 0 aliphatic carbocycles. The van der Waals surface area contributed by atoms with Gasteiger partial charge in [0, 0.05) is 5.56 Å². The lowest BCUT2D eigenvalue weighted by Crippen LogP contribution is -2.38. The summed E-state index contributed by atoms with van der Waals surface area (Å²) in [7, 11) is 0. The number of carboxylic acid groups (broad SMARTS) is 1.